The van der Waals surface area contributed by atoms with Gasteiger partial charge in [0.25, 0.3) is 0 Å². The summed E-state index contributed by atoms with van der Waals surface area (Å²) >= 11 is 0. The molecule has 2 atom stereocenters. The zero-order valence-electron chi connectivity index (χ0n) is 10.4. The second-order valence-corrected chi connectivity index (χ2v) is 5.30. The summed E-state index contributed by atoms with van der Waals surface area (Å²) < 4.78 is 11.2. The van der Waals surface area contributed by atoms with E-state index in [0.29, 0.717) is 19.1 Å². The number of para-hydroxylation sites is 1. The van der Waals surface area contributed by atoms with Crippen molar-refractivity contribution in [2.75, 3.05) is 19.8 Å². The minimum Gasteiger partial charge on any atom is -0.493 e. The summed E-state index contributed by atoms with van der Waals surface area (Å²) in [5.74, 6) is 1.31. The number of benzene rings is 1. The van der Waals surface area contributed by atoms with Gasteiger partial charge in [0.2, 0.25) is 0 Å². The Hall–Kier alpha value is -1.53. The van der Waals surface area contributed by atoms with Crippen LogP contribution in [0.4, 0.5) is 0 Å². The molecule has 0 N–H and O–H groups in total. The van der Waals surface area contributed by atoms with Crippen LogP contribution in [0.1, 0.15) is 30.7 Å². The molecule has 94 valence electrons. The highest BCUT2D eigenvalue weighted by Crippen LogP contribution is 2.43. The molecule has 0 aliphatic carbocycles. The number of nitrogens with zero attached hydrogens (tertiary/aromatic N) is 1. The Morgan fingerprint density at radius 1 is 1.39 bits per heavy atom. The minimum atomic E-state index is -0.316. The summed E-state index contributed by atoms with van der Waals surface area (Å²) in [7, 11) is 0. The molecule has 1 aromatic carbocycles. The van der Waals surface area contributed by atoms with E-state index in [-0.39, 0.29) is 5.41 Å². The van der Waals surface area contributed by atoms with Crippen molar-refractivity contribution < 1.29 is 9.47 Å². The lowest BCUT2D eigenvalue weighted by molar-refractivity contribution is 0.0138. The van der Waals surface area contributed by atoms with E-state index in [1.807, 2.05) is 18.2 Å². The Labute approximate surface area is 107 Å². The summed E-state index contributed by atoms with van der Waals surface area (Å²) in [6, 6.07) is 10.6. The van der Waals surface area contributed by atoms with Crippen LogP contribution >= 0.6 is 0 Å². The molecule has 2 unspecified atom stereocenters. The zero-order chi connectivity index (χ0) is 12.4. The summed E-state index contributed by atoms with van der Waals surface area (Å²) in [5, 5.41) is 9.48. The van der Waals surface area contributed by atoms with E-state index in [1.165, 1.54) is 5.56 Å². The van der Waals surface area contributed by atoms with E-state index >= 15 is 0 Å². The molecule has 0 saturated carbocycles. The molecule has 0 bridgehead atoms. The average Bonchev–Trinajstić information content (AvgIpc) is 2.83. The van der Waals surface area contributed by atoms with Crippen LogP contribution in [-0.2, 0) is 4.74 Å². The second kappa shape index (κ2) is 4.62. The number of rotatable bonds is 2. The first-order valence-electron chi connectivity index (χ1n) is 6.54. The Balaban J connectivity index is 1.79. The molecule has 1 saturated heterocycles. The first-order chi connectivity index (χ1) is 8.83. The number of hydrogen-bond donors (Lipinski definition) is 0. The molecule has 0 aromatic heterocycles. The summed E-state index contributed by atoms with van der Waals surface area (Å²) in [6.07, 6.45) is 2.78. The zero-order valence-corrected chi connectivity index (χ0v) is 10.4. The molecule has 3 nitrogen and oxygen atoms in total. The van der Waals surface area contributed by atoms with Crippen LogP contribution in [0.15, 0.2) is 24.3 Å². The fourth-order valence-corrected chi connectivity index (χ4v) is 3.02. The Kier molecular flexibility index (Phi) is 2.97. The van der Waals surface area contributed by atoms with Crippen LogP contribution in [0.3, 0.4) is 0 Å². The minimum absolute atomic E-state index is 0.316. The topological polar surface area (TPSA) is 42.2 Å². The molecule has 1 fully saturated rings. The van der Waals surface area contributed by atoms with E-state index in [0.717, 1.165) is 31.6 Å². The largest absolute Gasteiger partial charge is 0.493 e. The normalized spacial score (nSPS) is 30.3. The van der Waals surface area contributed by atoms with Gasteiger partial charge in [-0.2, -0.15) is 5.26 Å². The monoisotopic (exact) mass is 243 g/mol. The molecule has 1 aromatic rings. The van der Waals surface area contributed by atoms with Crippen molar-refractivity contribution in [1.82, 2.24) is 0 Å². The van der Waals surface area contributed by atoms with Gasteiger partial charge in [-0.05, 0) is 25.3 Å². The SMILES string of the molecule is N#CC1(CC2COc3ccccc32)CCCOC1. The summed E-state index contributed by atoms with van der Waals surface area (Å²) in [5.41, 5.74) is 0.932. The molecule has 18 heavy (non-hydrogen) atoms. The fraction of sp³-hybridized carbons (Fsp3) is 0.533. The van der Waals surface area contributed by atoms with Crippen LogP contribution in [0.2, 0.25) is 0 Å². The molecule has 0 radical (unpaired) electrons. The van der Waals surface area contributed by atoms with Gasteiger partial charge in [0, 0.05) is 18.1 Å². The van der Waals surface area contributed by atoms with Gasteiger partial charge in [-0.3, -0.25) is 0 Å². The van der Waals surface area contributed by atoms with Crippen molar-refractivity contribution in [3.63, 3.8) is 0 Å². The van der Waals surface area contributed by atoms with E-state index in [9.17, 15) is 5.26 Å². The lowest BCUT2D eigenvalue weighted by atomic mass is 9.75. The predicted molar refractivity (Wildman–Crippen MR) is 67.4 cm³/mol. The van der Waals surface area contributed by atoms with Crippen molar-refractivity contribution in [1.29, 1.82) is 5.26 Å². The van der Waals surface area contributed by atoms with Crippen molar-refractivity contribution >= 4 is 0 Å². The van der Waals surface area contributed by atoms with Crippen molar-refractivity contribution in [3.8, 4) is 11.8 Å². The van der Waals surface area contributed by atoms with Crippen LogP contribution < -0.4 is 4.74 Å². The molecule has 0 spiro atoms. The van der Waals surface area contributed by atoms with Crippen LogP contribution in [0.5, 0.6) is 5.75 Å². The summed E-state index contributed by atoms with van der Waals surface area (Å²) in [6.45, 7) is 2.06. The van der Waals surface area contributed by atoms with Gasteiger partial charge >= 0.3 is 0 Å². The Bertz CT molecular complexity index is 472. The average molecular weight is 243 g/mol. The number of fused-ring (bicyclic) bond motifs is 1. The third-order valence-corrected chi connectivity index (χ3v) is 4.00. The van der Waals surface area contributed by atoms with E-state index in [4.69, 9.17) is 9.47 Å². The van der Waals surface area contributed by atoms with Crippen LogP contribution in [0.25, 0.3) is 0 Å². The molecule has 3 rings (SSSR count). The highest BCUT2D eigenvalue weighted by molar-refractivity contribution is 5.40. The maximum atomic E-state index is 9.48. The lowest BCUT2D eigenvalue weighted by Gasteiger charge is -2.32. The first kappa shape index (κ1) is 11.6. The Morgan fingerprint density at radius 3 is 3.06 bits per heavy atom. The van der Waals surface area contributed by atoms with Crippen molar-refractivity contribution in [2.45, 2.75) is 25.2 Å². The quantitative estimate of drug-likeness (QED) is 0.802. The number of hydrogen-bond acceptors (Lipinski definition) is 3. The molecule has 2 aliphatic heterocycles. The molecule has 3 heteroatoms. The maximum Gasteiger partial charge on any atom is 0.122 e. The third kappa shape index (κ3) is 1.97. The van der Waals surface area contributed by atoms with Gasteiger partial charge in [0.15, 0.2) is 0 Å². The van der Waals surface area contributed by atoms with E-state index < -0.39 is 0 Å². The molecule has 0 amide bonds. The van der Waals surface area contributed by atoms with Gasteiger partial charge in [-0.25, -0.2) is 0 Å². The first-order valence-corrected chi connectivity index (χ1v) is 6.54. The van der Waals surface area contributed by atoms with Gasteiger partial charge in [0.1, 0.15) is 5.75 Å². The molecule has 2 aliphatic rings. The second-order valence-electron chi connectivity index (χ2n) is 5.30. The molecular formula is C15H17NO2. The van der Waals surface area contributed by atoms with Gasteiger partial charge in [-0.1, -0.05) is 18.2 Å². The Morgan fingerprint density at radius 2 is 2.28 bits per heavy atom. The van der Waals surface area contributed by atoms with Crippen LogP contribution in [-0.4, -0.2) is 19.8 Å². The fourth-order valence-electron chi connectivity index (χ4n) is 3.02. The van der Waals surface area contributed by atoms with E-state index in [2.05, 4.69) is 12.1 Å². The highest BCUT2D eigenvalue weighted by atomic mass is 16.5. The summed E-state index contributed by atoms with van der Waals surface area (Å²) in [4.78, 5) is 0. The lowest BCUT2D eigenvalue weighted by Crippen LogP contribution is -2.32. The van der Waals surface area contributed by atoms with Gasteiger partial charge in [-0.15, -0.1) is 0 Å². The highest BCUT2D eigenvalue weighted by Gasteiger charge is 2.38. The predicted octanol–water partition coefficient (Wildman–Crippen LogP) is 2.87. The maximum absolute atomic E-state index is 9.48. The molecule has 2 heterocycles. The third-order valence-electron chi connectivity index (χ3n) is 4.00. The van der Waals surface area contributed by atoms with E-state index in [1.54, 1.807) is 0 Å². The number of ether oxygens (including phenoxy) is 2. The van der Waals surface area contributed by atoms with Crippen LogP contribution in [0, 0.1) is 16.7 Å². The van der Waals surface area contributed by atoms with Gasteiger partial charge < -0.3 is 9.47 Å². The smallest absolute Gasteiger partial charge is 0.122 e. The van der Waals surface area contributed by atoms with Crippen molar-refractivity contribution in [2.24, 2.45) is 5.41 Å². The van der Waals surface area contributed by atoms with Gasteiger partial charge in [0.05, 0.1) is 24.7 Å². The standard InChI is InChI=1S/C15H17NO2/c16-10-15(6-3-7-17-11-15)8-12-9-18-14-5-2-1-4-13(12)14/h1-2,4-5,12H,3,6-9,11H2. The van der Waals surface area contributed by atoms with Crippen molar-refractivity contribution in [3.05, 3.63) is 29.8 Å². The number of nitriles is 1. The molecular weight excluding hydrogens is 226 g/mol.